The maximum Gasteiger partial charge on any atom is 0.265 e. The SMILES string of the molecule is NCCCCCC(=O)N1CCc2cc(NC(=O)c3ccc(CN(C(=O)c4ccc5c(c4)OCC(=O)N5)C4CC4)s3)ccc2C1. The molecule has 0 radical (unpaired) electrons. The molecule has 2 aromatic carbocycles. The van der Waals surface area contributed by atoms with E-state index in [9.17, 15) is 19.2 Å². The minimum atomic E-state index is -0.217. The summed E-state index contributed by atoms with van der Waals surface area (Å²) >= 11 is 1.38. The van der Waals surface area contributed by atoms with Crippen LogP contribution in [0.4, 0.5) is 11.4 Å². The fourth-order valence-electron chi connectivity index (χ4n) is 5.67. The summed E-state index contributed by atoms with van der Waals surface area (Å²) in [6, 6.07) is 14.8. The fourth-order valence-corrected chi connectivity index (χ4v) is 6.57. The molecule has 4 N–H and O–H groups in total. The first-order valence-electron chi connectivity index (χ1n) is 15.3. The maximum atomic E-state index is 13.5. The van der Waals surface area contributed by atoms with Crippen molar-refractivity contribution >= 4 is 46.3 Å². The number of anilines is 2. The lowest BCUT2D eigenvalue weighted by molar-refractivity contribution is -0.132. The highest BCUT2D eigenvalue weighted by molar-refractivity contribution is 7.14. The van der Waals surface area contributed by atoms with Gasteiger partial charge in [-0.1, -0.05) is 12.5 Å². The molecule has 6 rings (SSSR count). The van der Waals surface area contributed by atoms with Crippen LogP contribution in [0.5, 0.6) is 5.75 Å². The van der Waals surface area contributed by atoms with E-state index in [1.165, 1.54) is 11.3 Å². The number of unbranched alkanes of at least 4 members (excludes halogenated alkanes) is 2. The van der Waals surface area contributed by atoms with Gasteiger partial charge in [0.15, 0.2) is 6.61 Å². The Morgan fingerprint density at radius 3 is 2.73 bits per heavy atom. The Hall–Kier alpha value is -4.22. The third-order valence-corrected chi connectivity index (χ3v) is 9.31. The highest BCUT2D eigenvalue weighted by atomic mass is 32.1. The zero-order valence-electron chi connectivity index (χ0n) is 24.6. The molecule has 0 atom stereocenters. The van der Waals surface area contributed by atoms with Gasteiger partial charge in [-0.05, 0) is 92.2 Å². The van der Waals surface area contributed by atoms with Crippen LogP contribution in [0, 0.1) is 0 Å². The zero-order chi connectivity index (χ0) is 30.6. The Morgan fingerprint density at radius 2 is 1.91 bits per heavy atom. The largest absolute Gasteiger partial charge is 0.482 e. The summed E-state index contributed by atoms with van der Waals surface area (Å²) in [5.41, 5.74) is 9.60. The number of hydrogen-bond acceptors (Lipinski definition) is 7. The Morgan fingerprint density at radius 1 is 1.05 bits per heavy atom. The molecule has 1 saturated carbocycles. The zero-order valence-corrected chi connectivity index (χ0v) is 25.4. The van der Waals surface area contributed by atoms with E-state index in [0.29, 0.717) is 54.5 Å². The number of nitrogens with one attached hydrogen (secondary N) is 2. The number of fused-ring (bicyclic) bond motifs is 2. The second-order valence-electron chi connectivity index (χ2n) is 11.6. The average molecular weight is 616 g/mol. The number of amides is 4. The van der Waals surface area contributed by atoms with Gasteiger partial charge in [0, 0.05) is 41.7 Å². The summed E-state index contributed by atoms with van der Waals surface area (Å²) in [6.45, 7) is 2.28. The highest BCUT2D eigenvalue weighted by Crippen LogP contribution is 2.34. The van der Waals surface area contributed by atoms with Crippen LogP contribution in [0.15, 0.2) is 48.5 Å². The molecule has 2 aliphatic heterocycles. The fraction of sp³-hybridized carbons (Fsp3) is 0.394. The van der Waals surface area contributed by atoms with Gasteiger partial charge in [0.2, 0.25) is 5.91 Å². The molecule has 3 aliphatic rings. The maximum absolute atomic E-state index is 13.5. The van der Waals surface area contributed by atoms with E-state index in [1.54, 1.807) is 24.3 Å². The molecule has 44 heavy (non-hydrogen) atoms. The van der Waals surface area contributed by atoms with Crippen molar-refractivity contribution in [3.05, 3.63) is 75.0 Å². The predicted octanol–water partition coefficient (Wildman–Crippen LogP) is 4.54. The van der Waals surface area contributed by atoms with Gasteiger partial charge in [0.1, 0.15) is 5.75 Å². The van der Waals surface area contributed by atoms with Crippen LogP contribution in [-0.4, -0.2) is 59.2 Å². The van der Waals surface area contributed by atoms with Crippen LogP contribution < -0.4 is 21.1 Å². The van der Waals surface area contributed by atoms with Gasteiger partial charge in [0.25, 0.3) is 17.7 Å². The summed E-state index contributed by atoms with van der Waals surface area (Å²) in [6.07, 6.45) is 6.00. The molecule has 4 amide bonds. The molecule has 1 aromatic heterocycles. The van der Waals surface area contributed by atoms with Gasteiger partial charge < -0.3 is 30.9 Å². The number of nitrogens with zero attached hydrogens (tertiary/aromatic N) is 2. The van der Waals surface area contributed by atoms with Crippen molar-refractivity contribution in [2.24, 2.45) is 5.73 Å². The molecule has 10 nitrogen and oxygen atoms in total. The molecule has 0 saturated heterocycles. The molecule has 230 valence electrons. The predicted molar refractivity (Wildman–Crippen MR) is 169 cm³/mol. The van der Waals surface area contributed by atoms with E-state index >= 15 is 0 Å². The number of ether oxygens (including phenoxy) is 1. The Labute approximate surface area is 260 Å². The van der Waals surface area contributed by atoms with E-state index in [2.05, 4.69) is 10.6 Å². The van der Waals surface area contributed by atoms with Crippen LogP contribution in [0.1, 0.15) is 74.6 Å². The van der Waals surface area contributed by atoms with E-state index in [1.807, 2.05) is 34.1 Å². The van der Waals surface area contributed by atoms with Crippen molar-refractivity contribution in [2.75, 3.05) is 30.3 Å². The number of thiophene rings is 1. The van der Waals surface area contributed by atoms with Gasteiger partial charge in [0.05, 0.1) is 17.1 Å². The van der Waals surface area contributed by atoms with Crippen molar-refractivity contribution < 1.29 is 23.9 Å². The normalized spacial score (nSPS) is 15.5. The highest BCUT2D eigenvalue weighted by Gasteiger charge is 2.34. The molecular weight excluding hydrogens is 578 g/mol. The third kappa shape index (κ3) is 6.95. The smallest absolute Gasteiger partial charge is 0.265 e. The van der Waals surface area contributed by atoms with Crippen molar-refractivity contribution in [3.63, 3.8) is 0 Å². The summed E-state index contributed by atoms with van der Waals surface area (Å²) in [5, 5.41) is 5.77. The third-order valence-electron chi connectivity index (χ3n) is 8.25. The first-order valence-corrected chi connectivity index (χ1v) is 16.1. The summed E-state index contributed by atoms with van der Waals surface area (Å²) in [4.78, 5) is 56.1. The van der Waals surface area contributed by atoms with Crippen molar-refractivity contribution in [2.45, 2.75) is 64.1 Å². The topological polar surface area (TPSA) is 134 Å². The minimum absolute atomic E-state index is 0.0711. The Balaban J connectivity index is 1.06. The number of nitrogens with two attached hydrogens (primary N) is 1. The van der Waals surface area contributed by atoms with Crippen molar-refractivity contribution in [3.8, 4) is 5.75 Å². The molecule has 0 unspecified atom stereocenters. The van der Waals surface area contributed by atoms with E-state index in [-0.39, 0.29) is 36.3 Å². The lowest BCUT2D eigenvalue weighted by atomic mass is 9.98. The Bertz CT molecular complexity index is 1580. The van der Waals surface area contributed by atoms with Crippen molar-refractivity contribution in [1.29, 1.82) is 0 Å². The molecule has 1 aliphatic carbocycles. The monoisotopic (exact) mass is 615 g/mol. The first kappa shape index (κ1) is 29.8. The van der Waals surface area contributed by atoms with E-state index in [0.717, 1.165) is 60.2 Å². The van der Waals surface area contributed by atoms with E-state index < -0.39 is 0 Å². The van der Waals surface area contributed by atoms with Crippen LogP contribution in [0.3, 0.4) is 0 Å². The van der Waals surface area contributed by atoms with Gasteiger partial charge >= 0.3 is 0 Å². The molecule has 3 heterocycles. The minimum Gasteiger partial charge on any atom is -0.482 e. The molecule has 0 bridgehead atoms. The molecule has 1 fully saturated rings. The average Bonchev–Trinajstić information content (AvgIpc) is 3.77. The van der Waals surface area contributed by atoms with Crippen LogP contribution in [0.2, 0.25) is 0 Å². The van der Waals surface area contributed by atoms with Gasteiger partial charge in [-0.25, -0.2) is 0 Å². The Kier molecular flexibility index (Phi) is 8.94. The quantitative estimate of drug-likeness (QED) is 0.271. The first-order chi connectivity index (χ1) is 21.4. The van der Waals surface area contributed by atoms with Crippen LogP contribution in [-0.2, 0) is 29.1 Å². The number of hydrogen-bond donors (Lipinski definition) is 3. The summed E-state index contributed by atoms with van der Waals surface area (Å²) < 4.78 is 5.50. The number of benzene rings is 2. The number of carbonyl (C=O) groups excluding carboxylic acids is 4. The van der Waals surface area contributed by atoms with Gasteiger partial charge in [-0.3, -0.25) is 19.2 Å². The standard InChI is InChI=1S/C33H37N5O5S/c34-14-3-1-2-4-31(40)37-15-13-21-16-24(7-5-23(21)18-37)35-32(41)29-12-10-26(44-29)19-38(25-8-9-25)33(42)22-6-11-27-28(17-22)43-20-30(39)36-27/h5-7,10-12,16-17,25H,1-4,8-9,13-15,18-20,34H2,(H,35,41)(H,36,39). The van der Waals surface area contributed by atoms with Crippen molar-refractivity contribution in [1.82, 2.24) is 9.80 Å². The summed E-state index contributed by atoms with van der Waals surface area (Å²) in [7, 11) is 0. The van der Waals surface area contributed by atoms with Crippen LogP contribution in [0.25, 0.3) is 0 Å². The summed E-state index contributed by atoms with van der Waals surface area (Å²) in [5.74, 6) is 0.168. The van der Waals surface area contributed by atoms with Crippen LogP contribution >= 0.6 is 11.3 Å². The van der Waals surface area contributed by atoms with Gasteiger partial charge in [-0.15, -0.1) is 11.3 Å². The second kappa shape index (κ2) is 13.2. The number of rotatable bonds is 11. The molecule has 0 spiro atoms. The number of carbonyl (C=O) groups is 4. The van der Waals surface area contributed by atoms with E-state index in [4.69, 9.17) is 10.5 Å². The lowest BCUT2D eigenvalue weighted by Gasteiger charge is -2.29. The molecule has 11 heteroatoms. The molecule has 3 aromatic rings. The van der Waals surface area contributed by atoms with Gasteiger partial charge in [-0.2, -0.15) is 0 Å². The molecular formula is C33H37N5O5S. The lowest BCUT2D eigenvalue weighted by Crippen LogP contribution is -2.35. The second-order valence-corrected chi connectivity index (χ2v) is 12.7.